The van der Waals surface area contributed by atoms with Crippen LogP contribution >= 0.6 is 0 Å². The Bertz CT molecular complexity index is 205. The molecule has 0 aromatic heterocycles. The van der Waals surface area contributed by atoms with Crippen LogP contribution in [0.5, 0.6) is 0 Å². The molecule has 0 aliphatic heterocycles. The second-order valence-electron chi connectivity index (χ2n) is 3.80. The number of carbonyl (C=O) groups is 1. The van der Waals surface area contributed by atoms with Crippen LogP contribution in [0, 0.1) is 11.3 Å². The molecule has 0 N–H and O–H groups in total. The van der Waals surface area contributed by atoms with E-state index in [-0.39, 0.29) is 11.3 Å². The summed E-state index contributed by atoms with van der Waals surface area (Å²) >= 11 is 0. The quantitative estimate of drug-likeness (QED) is 0.465. The molecule has 2 bridgehead atoms. The summed E-state index contributed by atoms with van der Waals surface area (Å²) in [5, 5.41) is 0. The van der Waals surface area contributed by atoms with Crippen LogP contribution in [0.3, 0.4) is 0 Å². The number of Topliss-reactive ketones (excluding diaryl/α,β-unsaturated/α-hetero) is 1. The fourth-order valence-corrected chi connectivity index (χ4v) is 1.96. The van der Waals surface area contributed by atoms with Gasteiger partial charge >= 0.3 is 0 Å². The summed E-state index contributed by atoms with van der Waals surface area (Å²) in [7, 11) is 0. The zero-order valence-electron chi connectivity index (χ0n) is 6.26. The molecule has 0 radical (unpaired) electrons. The lowest BCUT2D eigenvalue weighted by molar-refractivity contribution is -0.126. The van der Waals surface area contributed by atoms with Gasteiger partial charge in [-0.25, -0.2) is 0 Å². The van der Waals surface area contributed by atoms with Crippen molar-refractivity contribution in [3.63, 3.8) is 0 Å². The summed E-state index contributed by atoms with van der Waals surface area (Å²) < 4.78 is 0. The highest BCUT2D eigenvalue weighted by atomic mass is 16.1. The Morgan fingerprint density at radius 2 is 2.50 bits per heavy atom. The van der Waals surface area contributed by atoms with Crippen molar-refractivity contribution in [2.45, 2.75) is 26.2 Å². The number of carbonyl (C=O) groups excluding carboxylic acids is 1. The largest absolute Gasteiger partial charge is 0.299 e. The van der Waals surface area contributed by atoms with Crippen molar-refractivity contribution in [1.82, 2.24) is 0 Å². The highest BCUT2D eigenvalue weighted by Gasteiger charge is 2.37. The van der Waals surface area contributed by atoms with Gasteiger partial charge in [-0.15, -0.1) is 0 Å². The maximum Gasteiger partial charge on any atom is 0.140 e. The molecule has 0 amide bonds. The monoisotopic (exact) mass is 136 g/mol. The smallest absolute Gasteiger partial charge is 0.140 e. The lowest BCUT2D eigenvalue weighted by Gasteiger charge is -2.37. The van der Waals surface area contributed by atoms with Gasteiger partial charge in [0, 0.05) is 12.3 Å². The molecular formula is C9H12O. The predicted molar refractivity (Wildman–Crippen MR) is 39.6 cm³/mol. The van der Waals surface area contributed by atoms with E-state index in [0.717, 1.165) is 12.8 Å². The maximum absolute atomic E-state index is 11.2. The minimum atomic E-state index is 0.228. The van der Waals surface area contributed by atoms with Crippen LogP contribution in [0.2, 0.25) is 0 Å². The Labute approximate surface area is 61.1 Å². The Kier molecular flexibility index (Phi) is 1.05. The highest BCUT2D eigenvalue weighted by Crippen LogP contribution is 2.42. The van der Waals surface area contributed by atoms with E-state index in [2.05, 4.69) is 19.1 Å². The molecular weight excluding hydrogens is 124 g/mol. The third-order valence-corrected chi connectivity index (χ3v) is 2.75. The van der Waals surface area contributed by atoms with Crippen molar-refractivity contribution < 1.29 is 4.79 Å². The molecule has 1 heteroatoms. The molecule has 0 unspecified atom stereocenters. The molecule has 0 saturated heterocycles. The van der Waals surface area contributed by atoms with Crippen LogP contribution in [0.4, 0.5) is 0 Å². The lowest BCUT2D eigenvalue weighted by Crippen LogP contribution is -2.34. The van der Waals surface area contributed by atoms with Gasteiger partial charge in [-0.2, -0.15) is 0 Å². The standard InChI is InChI=1S/C9H12O/c1-9-4-2-7(3-5-9)8(10)6-9/h2,4,7H,3,5-6H2,1H3/t7-,9+/m0/s1. The molecule has 1 fully saturated rings. The van der Waals surface area contributed by atoms with Gasteiger partial charge in [-0.3, -0.25) is 4.79 Å². The van der Waals surface area contributed by atoms with Crippen molar-refractivity contribution in [2.24, 2.45) is 11.3 Å². The van der Waals surface area contributed by atoms with Crippen molar-refractivity contribution in [3.05, 3.63) is 12.2 Å². The van der Waals surface area contributed by atoms with Gasteiger partial charge in [0.2, 0.25) is 0 Å². The van der Waals surface area contributed by atoms with Crippen LogP contribution < -0.4 is 0 Å². The van der Waals surface area contributed by atoms with E-state index in [0.29, 0.717) is 5.78 Å². The van der Waals surface area contributed by atoms with Gasteiger partial charge in [-0.05, 0) is 18.3 Å². The van der Waals surface area contributed by atoms with Gasteiger partial charge in [0.25, 0.3) is 0 Å². The average molecular weight is 136 g/mol. The van der Waals surface area contributed by atoms with Gasteiger partial charge < -0.3 is 0 Å². The molecule has 0 spiro atoms. The Morgan fingerprint density at radius 3 is 2.80 bits per heavy atom. The van der Waals surface area contributed by atoms with Crippen molar-refractivity contribution >= 4 is 5.78 Å². The third kappa shape index (κ3) is 0.731. The Balaban J connectivity index is 2.36. The summed E-state index contributed by atoms with van der Waals surface area (Å²) in [6, 6.07) is 0. The van der Waals surface area contributed by atoms with Crippen molar-refractivity contribution in [2.75, 3.05) is 0 Å². The van der Waals surface area contributed by atoms with E-state index in [9.17, 15) is 4.79 Å². The normalized spacial score (nSPS) is 44.5. The molecule has 0 heterocycles. The van der Waals surface area contributed by atoms with E-state index >= 15 is 0 Å². The zero-order chi connectivity index (χ0) is 7.19. The van der Waals surface area contributed by atoms with Crippen molar-refractivity contribution in [1.29, 1.82) is 0 Å². The molecule has 3 aliphatic rings. The summed E-state index contributed by atoms with van der Waals surface area (Å²) in [5.74, 6) is 0.734. The van der Waals surface area contributed by atoms with E-state index in [4.69, 9.17) is 0 Å². The molecule has 0 aromatic rings. The maximum atomic E-state index is 11.2. The first kappa shape index (κ1) is 6.14. The van der Waals surface area contributed by atoms with Gasteiger partial charge in [0.1, 0.15) is 5.78 Å². The Morgan fingerprint density at radius 1 is 1.70 bits per heavy atom. The van der Waals surface area contributed by atoms with Gasteiger partial charge in [0.05, 0.1) is 0 Å². The SMILES string of the molecule is C[C@@]12C=C[C@@H](CC1)C(=O)C2. The fourth-order valence-electron chi connectivity index (χ4n) is 1.96. The van der Waals surface area contributed by atoms with Crippen LogP contribution in [-0.2, 0) is 4.79 Å². The molecule has 3 aliphatic carbocycles. The number of hydrogen-bond acceptors (Lipinski definition) is 1. The number of fused-ring (bicyclic) bond motifs is 2. The summed E-state index contributed by atoms with van der Waals surface area (Å²) in [6.45, 7) is 2.18. The van der Waals surface area contributed by atoms with Gasteiger partial charge in [-0.1, -0.05) is 19.1 Å². The van der Waals surface area contributed by atoms with E-state index in [1.807, 2.05) is 0 Å². The van der Waals surface area contributed by atoms with E-state index in [1.54, 1.807) is 0 Å². The lowest BCUT2D eigenvalue weighted by atomic mass is 9.66. The van der Waals surface area contributed by atoms with Crippen LogP contribution in [0.1, 0.15) is 26.2 Å². The zero-order valence-corrected chi connectivity index (χ0v) is 6.26. The highest BCUT2D eigenvalue weighted by molar-refractivity contribution is 5.85. The fraction of sp³-hybridized carbons (Fsp3) is 0.667. The molecule has 0 aromatic carbocycles. The number of allylic oxidation sites excluding steroid dienone is 2. The third-order valence-electron chi connectivity index (χ3n) is 2.75. The topological polar surface area (TPSA) is 17.1 Å². The van der Waals surface area contributed by atoms with Crippen LogP contribution in [-0.4, -0.2) is 5.78 Å². The summed E-state index contributed by atoms with van der Waals surface area (Å²) in [4.78, 5) is 11.2. The second kappa shape index (κ2) is 1.71. The average Bonchev–Trinajstić information content (AvgIpc) is 1.87. The summed E-state index contributed by atoms with van der Waals surface area (Å²) in [5.41, 5.74) is 0.228. The van der Waals surface area contributed by atoms with E-state index in [1.165, 1.54) is 6.42 Å². The van der Waals surface area contributed by atoms with E-state index < -0.39 is 0 Å². The number of hydrogen-bond donors (Lipinski definition) is 0. The van der Waals surface area contributed by atoms with Crippen LogP contribution in [0.15, 0.2) is 12.2 Å². The first-order valence-electron chi connectivity index (χ1n) is 3.92. The molecule has 54 valence electrons. The second-order valence-corrected chi connectivity index (χ2v) is 3.80. The van der Waals surface area contributed by atoms with Crippen LogP contribution in [0.25, 0.3) is 0 Å². The predicted octanol–water partition coefficient (Wildman–Crippen LogP) is 1.93. The first-order valence-corrected chi connectivity index (χ1v) is 3.92. The number of rotatable bonds is 0. The molecule has 10 heavy (non-hydrogen) atoms. The molecule has 2 atom stereocenters. The first-order chi connectivity index (χ1) is 4.70. The van der Waals surface area contributed by atoms with Crippen molar-refractivity contribution in [3.8, 4) is 0 Å². The molecule has 3 rings (SSSR count). The minimum absolute atomic E-state index is 0.228. The molecule has 1 saturated carbocycles. The van der Waals surface area contributed by atoms with Gasteiger partial charge in [0.15, 0.2) is 0 Å². The summed E-state index contributed by atoms with van der Waals surface area (Å²) in [6.07, 6.45) is 7.40. The minimum Gasteiger partial charge on any atom is -0.299 e. The number of ketones is 1. The Hall–Kier alpha value is -0.590. The molecule has 1 nitrogen and oxygen atoms in total.